The Morgan fingerprint density at radius 1 is 1.43 bits per heavy atom. The van der Waals surface area contributed by atoms with Gasteiger partial charge in [-0.25, -0.2) is 5.14 Å². The molecule has 0 radical (unpaired) electrons. The van der Waals surface area contributed by atoms with Crippen molar-refractivity contribution in [2.75, 3.05) is 26.7 Å². The van der Waals surface area contributed by atoms with Crippen molar-refractivity contribution in [2.24, 2.45) is 11.1 Å². The van der Waals surface area contributed by atoms with Gasteiger partial charge in [-0.3, -0.25) is 0 Å². The summed E-state index contributed by atoms with van der Waals surface area (Å²) in [6.45, 7) is 6.52. The molecule has 0 aromatic carbocycles. The number of nitrogens with two attached hydrogens (primary N) is 1. The van der Waals surface area contributed by atoms with Crippen molar-refractivity contribution < 1.29 is 8.42 Å². The molecule has 1 fully saturated rings. The van der Waals surface area contributed by atoms with Crippen LogP contribution in [-0.4, -0.2) is 39.4 Å². The van der Waals surface area contributed by atoms with Gasteiger partial charge in [-0.1, -0.05) is 13.8 Å². The molecule has 86 valence electrons. The smallest absolute Gasteiger partial charge is 0.276 e. The predicted molar refractivity (Wildman–Crippen MR) is 58.1 cm³/mol. The number of hydrogen-bond acceptors (Lipinski definition) is 3. The third kappa shape index (κ3) is 4.90. The van der Waals surface area contributed by atoms with Crippen molar-refractivity contribution in [1.29, 1.82) is 0 Å². The van der Waals surface area contributed by atoms with Gasteiger partial charge in [-0.05, 0) is 25.4 Å². The fraction of sp³-hybridized carbons (Fsp3) is 1.00. The van der Waals surface area contributed by atoms with Crippen LogP contribution >= 0.6 is 0 Å². The van der Waals surface area contributed by atoms with Crippen LogP contribution in [0.1, 0.15) is 20.3 Å². The number of rotatable bonds is 4. The van der Waals surface area contributed by atoms with E-state index in [1.165, 1.54) is 11.4 Å². The molecular weight excluding hydrogens is 202 g/mol. The Kier molecular flexibility index (Phi) is 6.26. The maximum Gasteiger partial charge on any atom is 0.276 e. The van der Waals surface area contributed by atoms with E-state index in [-0.39, 0.29) is 0 Å². The van der Waals surface area contributed by atoms with Crippen LogP contribution in [0.3, 0.4) is 0 Å². The highest BCUT2D eigenvalue weighted by molar-refractivity contribution is 7.86. The van der Waals surface area contributed by atoms with Crippen molar-refractivity contribution in [3.8, 4) is 0 Å². The molecule has 14 heavy (non-hydrogen) atoms. The minimum absolute atomic E-state index is 0.519. The summed E-state index contributed by atoms with van der Waals surface area (Å²) in [7, 11) is -1.97. The fourth-order valence-electron chi connectivity index (χ4n) is 1.04. The molecule has 0 aromatic heterocycles. The van der Waals surface area contributed by atoms with Crippen LogP contribution < -0.4 is 10.5 Å². The quantitative estimate of drug-likeness (QED) is 0.690. The standard InChI is InChI=1S/C6H15N3O2S.C2H6/c1-9(12(7,10)11)3-2-6-4-8-5-6;1-2/h6,8H,2-5H2,1H3,(H2,7,10,11);1-2H3. The molecule has 0 spiro atoms. The lowest BCUT2D eigenvalue weighted by Crippen LogP contribution is -2.44. The second-order valence-corrected chi connectivity index (χ2v) is 4.83. The van der Waals surface area contributed by atoms with Gasteiger partial charge in [0.05, 0.1) is 0 Å². The van der Waals surface area contributed by atoms with Gasteiger partial charge in [0.25, 0.3) is 10.2 Å². The molecule has 0 saturated carbocycles. The molecule has 0 aliphatic carbocycles. The molecule has 0 unspecified atom stereocenters. The zero-order valence-electron chi connectivity index (χ0n) is 9.16. The Morgan fingerprint density at radius 3 is 2.21 bits per heavy atom. The topological polar surface area (TPSA) is 75.4 Å². The van der Waals surface area contributed by atoms with E-state index in [1.807, 2.05) is 13.8 Å². The lowest BCUT2D eigenvalue weighted by molar-refractivity contribution is 0.303. The first-order chi connectivity index (χ1) is 6.50. The van der Waals surface area contributed by atoms with E-state index in [1.54, 1.807) is 0 Å². The molecule has 5 nitrogen and oxygen atoms in total. The Balaban J connectivity index is 0.000000791. The molecular formula is C8H21N3O2S. The lowest BCUT2D eigenvalue weighted by Gasteiger charge is -2.28. The summed E-state index contributed by atoms with van der Waals surface area (Å²) in [4.78, 5) is 0. The zero-order chi connectivity index (χ0) is 11.2. The number of nitrogens with one attached hydrogen (secondary N) is 1. The van der Waals surface area contributed by atoms with Gasteiger partial charge >= 0.3 is 0 Å². The molecule has 1 rings (SSSR count). The van der Waals surface area contributed by atoms with Gasteiger partial charge in [0.15, 0.2) is 0 Å². The lowest BCUT2D eigenvalue weighted by atomic mass is 10.00. The molecule has 0 amide bonds. The molecule has 1 aliphatic heterocycles. The van der Waals surface area contributed by atoms with E-state index in [2.05, 4.69) is 5.32 Å². The SMILES string of the molecule is CC.CN(CCC1CNC1)S(N)(=O)=O. The van der Waals surface area contributed by atoms with E-state index in [0.29, 0.717) is 12.5 Å². The zero-order valence-corrected chi connectivity index (χ0v) is 9.97. The van der Waals surface area contributed by atoms with Gasteiger partial charge < -0.3 is 5.32 Å². The first-order valence-corrected chi connectivity index (χ1v) is 6.45. The maximum atomic E-state index is 10.7. The highest BCUT2D eigenvalue weighted by Crippen LogP contribution is 2.08. The Labute approximate surface area is 86.8 Å². The van der Waals surface area contributed by atoms with Crippen LogP contribution in [-0.2, 0) is 10.2 Å². The molecule has 1 aliphatic rings. The Hall–Kier alpha value is -0.170. The second kappa shape index (κ2) is 6.34. The minimum atomic E-state index is -3.47. The summed E-state index contributed by atoms with van der Waals surface area (Å²) in [5.41, 5.74) is 0. The van der Waals surface area contributed by atoms with Crippen molar-refractivity contribution in [2.45, 2.75) is 20.3 Å². The molecule has 0 atom stereocenters. The predicted octanol–water partition coefficient (Wildman–Crippen LogP) is -0.243. The monoisotopic (exact) mass is 223 g/mol. The summed E-state index contributed by atoms with van der Waals surface area (Å²) in [6, 6.07) is 0. The van der Waals surface area contributed by atoms with Gasteiger partial charge in [0.2, 0.25) is 0 Å². The van der Waals surface area contributed by atoms with Crippen molar-refractivity contribution >= 4 is 10.2 Å². The van der Waals surface area contributed by atoms with Crippen molar-refractivity contribution in [1.82, 2.24) is 9.62 Å². The molecule has 1 saturated heterocycles. The summed E-state index contributed by atoms with van der Waals surface area (Å²) in [5.74, 6) is 0.620. The second-order valence-electron chi connectivity index (χ2n) is 3.18. The van der Waals surface area contributed by atoms with Gasteiger partial charge in [0, 0.05) is 13.6 Å². The first-order valence-electron chi connectivity index (χ1n) is 4.95. The third-order valence-electron chi connectivity index (χ3n) is 2.15. The fourth-order valence-corrected chi connectivity index (χ4v) is 1.40. The van der Waals surface area contributed by atoms with E-state index >= 15 is 0 Å². The van der Waals surface area contributed by atoms with Crippen LogP contribution in [0.15, 0.2) is 0 Å². The van der Waals surface area contributed by atoms with E-state index < -0.39 is 10.2 Å². The Bertz CT molecular complexity index is 237. The number of nitrogens with zero attached hydrogens (tertiary/aromatic N) is 1. The van der Waals surface area contributed by atoms with Gasteiger partial charge in [-0.15, -0.1) is 0 Å². The molecule has 1 heterocycles. The van der Waals surface area contributed by atoms with Gasteiger partial charge in [0.1, 0.15) is 0 Å². The minimum Gasteiger partial charge on any atom is -0.316 e. The van der Waals surface area contributed by atoms with Crippen LogP contribution in [0.2, 0.25) is 0 Å². The number of hydrogen-bond donors (Lipinski definition) is 2. The normalized spacial score (nSPS) is 17.2. The van der Waals surface area contributed by atoms with E-state index in [4.69, 9.17) is 5.14 Å². The average molecular weight is 223 g/mol. The molecule has 0 bridgehead atoms. The van der Waals surface area contributed by atoms with Crippen LogP contribution in [0.4, 0.5) is 0 Å². The molecule has 6 heteroatoms. The highest BCUT2D eigenvalue weighted by Gasteiger charge is 2.19. The van der Waals surface area contributed by atoms with Crippen molar-refractivity contribution in [3.05, 3.63) is 0 Å². The van der Waals surface area contributed by atoms with Crippen LogP contribution in [0, 0.1) is 5.92 Å². The maximum absolute atomic E-state index is 10.7. The summed E-state index contributed by atoms with van der Waals surface area (Å²) in [5, 5.41) is 8.03. The summed E-state index contributed by atoms with van der Waals surface area (Å²) < 4.78 is 22.7. The first kappa shape index (κ1) is 13.8. The van der Waals surface area contributed by atoms with Crippen LogP contribution in [0.25, 0.3) is 0 Å². The highest BCUT2D eigenvalue weighted by atomic mass is 32.2. The van der Waals surface area contributed by atoms with Crippen LogP contribution in [0.5, 0.6) is 0 Å². The third-order valence-corrected chi connectivity index (χ3v) is 3.20. The van der Waals surface area contributed by atoms with E-state index in [0.717, 1.165) is 19.5 Å². The summed E-state index contributed by atoms with van der Waals surface area (Å²) in [6.07, 6.45) is 0.889. The summed E-state index contributed by atoms with van der Waals surface area (Å²) >= 11 is 0. The van der Waals surface area contributed by atoms with Gasteiger partial charge in [-0.2, -0.15) is 12.7 Å². The Morgan fingerprint density at radius 2 is 1.93 bits per heavy atom. The van der Waals surface area contributed by atoms with Crippen molar-refractivity contribution in [3.63, 3.8) is 0 Å². The molecule has 3 N–H and O–H groups in total. The largest absolute Gasteiger partial charge is 0.316 e. The average Bonchev–Trinajstić information content (AvgIpc) is 2.03. The van der Waals surface area contributed by atoms with E-state index in [9.17, 15) is 8.42 Å². The molecule has 0 aromatic rings.